The number of carbonyl (C=O) groups is 1. The molecular weight excluding hydrogens is 186 g/mol. The Kier molecular flexibility index (Phi) is 6.42. The van der Waals surface area contributed by atoms with Gasteiger partial charge in [0.15, 0.2) is 0 Å². The first-order chi connectivity index (χ1) is 6.57. The van der Waals surface area contributed by atoms with Gasteiger partial charge in [-0.05, 0) is 19.4 Å². The molecule has 0 aromatic carbocycles. The summed E-state index contributed by atoms with van der Waals surface area (Å²) >= 11 is 0. The molecule has 0 saturated heterocycles. The van der Waals surface area contributed by atoms with Crippen LogP contribution in [0, 0.1) is 5.41 Å². The molecule has 0 aliphatic heterocycles. The van der Waals surface area contributed by atoms with Crippen molar-refractivity contribution >= 4 is 11.9 Å². The normalized spacial score (nSPS) is 11.9. The SMILES string of the molecule is N=C(N)NOC(=O)[C@@H](N)CCCCN. The van der Waals surface area contributed by atoms with Crippen molar-refractivity contribution in [1.29, 1.82) is 5.41 Å². The molecule has 1 atom stereocenters. The Labute approximate surface area is 82.4 Å². The lowest BCUT2D eigenvalue weighted by Crippen LogP contribution is -2.40. The molecule has 0 heterocycles. The van der Waals surface area contributed by atoms with Crippen molar-refractivity contribution in [3.63, 3.8) is 0 Å². The number of hydroxylamine groups is 1. The Morgan fingerprint density at radius 2 is 2.14 bits per heavy atom. The molecule has 0 rings (SSSR count). The van der Waals surface area contributed by atoms with E-state index in [1.165, 1.54) is 0 Å². The summed E-state index contributed by atoms with van der Waals surface area (Å²) in [6, 6.07) is -0.701. The minimum Gasteiger partial charge on any atom is -0.368 e. The lowest BCUT2D eigenvalue weighted by Gasteiger charge is -2.10. The maximum atomic E-state index is 11.0. The van der Waals surface area contributed by atoms with E-state index in [0.717, 1.165) is 12.8 Å². The van der Waals surface area contributed by atoms with Crippen LogP contribution in [0.25, 0.3) is 0 Å². The van der Waals surface area contributed by atoms with Gasteiger partial charge >= 0.3 is 5.97 Å². The molecule has 0 amide bonds. The number of nitrogens with two attached hydrogens (primary N) is 3. The lowest BCUT2D eigenvalue weighted by atomic mass is 10.1. The molecule has 14 heavy (non-hydrogen) atoms. The van der Waals surface area contributed by atoms with Crippen LogP contribution in [0.2, 0.25) is 0 Å². The van der Waals surface area contributed by atoms with Gasteiger partial charge < -0.3 is 22.0 Å². The number of carbonyl (C=O) groups excluding carboxylic acids is 1. The predicted octanol–water partition coefficient (Wildman–Crippen LogP) is -1.62. The first-order valence-electron chi connectivity index (χ1n) is 4.34. The molecular formula is C7H17N5O2. The third-order valence-corrected chi connectivity index (χ3v) is 1.53. The van der Waals surface area contributed by atoms with Crippen LogP contribution in [0.5, 0.6) is 0 Å². The minimum atomic E-state index is -0.701. The molecule has 8 N–H and O–H groups in total. The molecule has 0 aliphatic rings. The van der Waals surface area contributed by atoms with Crippen LogP contribution in [0.15, 0.2) is 0 Å². The van der Waals surface area contributed by atoms with Gasteiger partial charge in [-0.15, -0.1) is 0 Å². The monoisotopic (exact) mass is 203 g/mol. The molecule has 0 unspecified atom stereocenters. The van der Waals surface area contributed by atoms with Gasteiger partial charge in [-0.3, -0.25) is 5.41 Å². The number of unbranched alkanes of at least 4 members (excludes halogenated alkanes) is 1. The van der Waals surface area contributed by atoms with E-state index in [2.05, 4.69) is 4.84 Å². The molecule has 0 saturated carbocycles. The van der Waals surface area contributed by atoms with Crippen molar-refractivity contribution < 1.29 is 9.63 Å². The van der Waals surface area contributed by atoms with E-state index in [9.17, 15) is 4.79 Å². The lowest BCUT2D eigenvalue weighted by molar-refractivity contribution is -0.149. The van der Waals surface area contributed by atoms with Gasteiger partial charge in [0.1, 0.15) is 6.04 Å². The van der Waals surface area contributed by atoms with Crippen molar-refractivity contribution in [3.8, 4) is 0 Å². The van der Waals surface area contributed by atoms with E-state index in [-0.39, 0.29) is 0 Å². The van der Waals surface area contributed by atoms with Crippen molar-refractivity contribution in [2.24, 2.45) is 17.2 Å². The molecule has 7 heteroatoms. The van der Waals surface area contributed by atoms with Gasteiger partial charge in [0.25, 0.3) is 0 Å². The fourth-order valence-electron chi connectivity index (χ4n) is 0.807. The number of rotatable bonds is 5. The summed E-state index contributed by atoms with van der Waals surface area (Å²) in [4.78, 5) is 15.4. The van der Waals surface area contributed by atoms with Crippen LogP contribution in [0.1, 0.15) is 19.3 Å². The molecule has 82 valence electrons. The third-order valence-electron chi connectivity index (χ3n) is 1.53. The fraction of sp³-hybridized carbons (Fsp3) is 0.714. The number of guanidine groups is 1. The zero-order chi connectivity index (χ0) is 11.0. The van der Waals surface area contributed by atoms with Crippen molar-refractivity contribution in [2.75, 3.05) is 6.54 Å². The van der Waals surface area contributed by atoms with Crippen LogP contribution in [0.3, 0.4) is 0 Å². The zero-order valence-corrected chi connectivity index (χ0v) is 7.95. The van der Waals surface area contributed by atoms with Crippen molar-refractivity contribution in [3.05, 3.63) is 0 Å². The van der Waals surface area contributed by atoms with Crippen molar-refractivity contribution in [2.45, 2.75) is 25.3 Å². The number of hydrogen-bond donors (Lipinski definition) is 5. The maximum absolute atomic E-state index is 11.0. The topological polar surface area (TPSA) is 140 Å². The summed E-state index contributed by atoms with van der Waals surface area (Å²) in [5.74, 6) is -1.07. The smallest absolute Gasteiger partial charge is 0.348 e. The minimum absolute atomic E-state index is 0.437. The molecule has 0 aromatic rings. The van der Waals surface area contributed by atoms with Crippen molar-refractivity contribution in [1.82, 2.24) is 5.48 Å². The Bertz CT molecular complexity index is 197. The summed E-state index contributed by atoms with van der Waals surface area (Å²) in [6.07, 6.45) is 2.10. The summed E-state index contributed by atoms with van der Waals surface area (Å²) in [7, 11) is 0. The van der Waals surface area contributed by atoms with Crippen LogP contribution >= 0.6 is 0 Å². The Morgan fingerprint density at radius 3 is 2.64 bits per heavy atom. The maximum Gasteiger partial charge on any atom is 0.348 e. The molecule has 0 radical (unpaired) electrons. The van der Waals surface area contributed by atoms with E-state index < -0.39 is 18.0 Å². The molecule has 0 aliphatic carbocycles. The second-order valence-corrected chi connectivity index (χ2v) is 2.83. The van der Waals surface area contributed by atoms with E-state index >= 15 is 0 Å². The quantitative estimate of drug-likeness (QED) is 0.157. The average Bonchev–Trinajstić information content (AvgIpc) is 2.14. The highest BCUT2D eigenvalue weighted by Crippen LogP contribution is 1.98. The fourth-order valence-corrected chi connectivity index (χ4v) is 0.807. The molecule has 0 aromatic heterocycles. The summed E-state index contributed by atoms with van der Waals surface area (Å²) < 4.78 is 0. The molecule has 0 fully saturated rings. The van der Waals surface area contributed by atoms with Crippen LogP contribution in [-0.2, 0) is 9.63 Å². The number of nitrogens with one attached hydrogen (secondary N) is 2. The van der Waals surface area contributed by atoms with Gasteiger partial charge in [0.05, 0.1) is 0 Å². The van der Waals surface area contributed by atoms with Crippen LogP contribution < -0.4 is 22.7 Å². The summed E-state index contributed by atoms with van der Waals surface area (Å²) in [6.45, 7) is 0.577. The van der Waals surface area contributed by atoms with Gasteiger partial charge in [0.2, 0.25) is 5.96 Å². The van der Waals surface area contributed by atoms with Crippen LogP contribution in [0.4, 0.5) is 0 Å². The van der Waals surface area contributed by atoms with E-state index in [4.69, 9.17) is 22.6 Å². The average molecular weight is 203 g/mol. The Balaban J connectivity index is 3.59. The highest BCUT2D eigenvalue weighted by molar-refractivity contribution is 5.79. The highest BCUT2D eigenvalue weighted by Gasteiger charge is 2.14. The van der Waals surface area contributed by atoms with E-state index in [1.54, 1.807) is 0 Å². The Hall–Kier alpha value is -1.34. The standard InChI is InChI=1S/C7H17N5O2/c8-4-2-1-3-5(9)6(13)14-12-7(10)11/h5H,1-4,8-9H2,(H4,10,11,12)/t5-/m0/s1. The largest absolute Gasteiger partial charge is 0.368 e. The summed E-state index contributed by atoms with van der Waals surface area (Å²) in [5, 5.41) is 6.73. The predicted molar refractivity (Wildman–Crippen MR) is 52.0 cm³/mol. The summed E-state index contributed by atoms with van der Waals surface area (Å²) in [5.41, 5.74) is 17.6. The second kappa shape index (κ2) is 7.10. The van der Waals surface area contributed by atoms with Gasteiger partial charge in [-0.25, -0.2) is 4.79 Å². The third kappa shape index (κ3) is 6.21. The van der Waals surface area contributed by atoms with Crippen LogP contribution in [-0.4, -0.2) is 24.5 Å². The van der Waals surface area contributed by atoms with Gasteiger partial charge in [-0.2, -0.15) is 5.48 Å². The first kappa shape index (κ1) is 12.7. The molecule has 0 bridgehead atoms. The highest BCUT2D eigenvalue weighted by atomic mass is 16.7. The molecule has 7 nitrogen and oxygen atoms in total. The van der Waals surface area contributed by atoms with Gasteiger partial charge in [-0.1, -0.05) is 6.42 Å². The number of hydrogen-bond acceptors (Lipinski definition) is 5. The first-order valence-corrected chi connectivity index (χ1v) is 4.34. The molecule has 0 spiro atoms. The second-order valence-electron chi connectivity index (χ2n) is 2.83. The Morgan fingerprint density at radius 1 is 1.50 bits per heavy atom. The van der Waals surface area contributed by atoms with Gasteiger partial charge in [0, 0.05) is 0 Å². The van der Waals surface area contributed by atoms with E-state index in [0.29, 0.717) is 13.0 Å². The van der Waals surface area contributed by atoms with E-state index in [1.807, 2.05) is 5.48 Å². The zero-order valence-electron chi connectivity index (χ0n) is 7.95.